The minimum absolute atomic E-state index is 0. The van der Waals surface area contributed by atoms with Gasteiger partial charge >= 0.3 is 6.03 Å². The van der Waals surface area contributed by atoms with Crippen LogP contribution in [0.2, 0.25) is 0 Å². The fourth-order valence-electron chi connectivity index (χ4n) is 9.06. The van der Waals surface area contributed by atoms with E-state index in [0.717, 1.165) is 54.7 Å². The molecule has 4 aromatic rings. The molecule has 4 heterocycles. The number of nitrogens with two attached hydrogens (primary N) is 2. The lowest BCUT2D eigenvalue weighted by atomic mass is 9.85. The molecule has 4 fully saturated rings. The first-order valence-electron chi connectivity index (χ1n) is 23.5. The summed E-state index contributed by atoms with van der Waals surface area (Å²) in [5.41, 5.74) is 16.1. The van der Waals surface area contributed by atoms with Gasteiger partial charge in [-0.05, 0) is 123 Å². The number of anilines is 2. The second-order valence-electron chi connectivity index (χ2n) is 18.2. The van der Waals surface area contributed by atoms with E-state index in [9.17, 15) is 14.4 Å². The molecule has 4 aromatic carbocycles. The maximum atomic E-state index is 15.6. The molecule has 4 aliphatic rings. The van der Waals surface area contributed by atoms with Crippen molar-refractivity contribution in [2.24, 2.45) is 5.73 Å². The summed E-state index contributed by atoms with van der Waals surface area (Å²) in [6.07, 6.45) is 5.57. The molecule has 0 saturated carbocycles. The van der Waals surface area contributed by atoms with Crippen LogP contribution in [0.1, 0.15) is 124 Å². The molecule has 4 aliphatic heterocycles. The van der Waals surface area contributed by atoms with Gasteiger partial charge < -0.3 is 41.4 Å². The zero-order valence-electron chi connectivity index (χ0n) is 39.6. The molecule has 2 atom stereocenters. The molecule has 0 bridgehead atoms. The fourth-order valence-corrected chi connectivity index (χ4v) is 9.06. The number of halogens is 2. The number of aryl methyl sites for hydroxylation is 4. The minimum Gasteiger partial charge on any atom is -0.398 e. The SMILES string of the molecule is C.Cc1cc(C)c(C(=O)N2CCC(F)(c3ccc(C#N)cc3)CC2)cc1N.Cc1cc(C)c(C(=O)N2CCC(F)(c3ccc(C#N)cc3)CC2)cc1NC(=O)NC[C@H]1CCCO1.NC[C@H]1CCCO1. The highest BCUT2D eigenvalue weighted by Gasteiger charge is 2.39. The smallest absolute Gasteiger partial charge is 0.319 e. The minimum atomic E-state index is -1.53. The summed E-state index contributed by atoms with van der Waals surface area (Å²) in [5.74, 6) is -0.275. The van der Waals surface area contributed by atoms with Crippen LogP contribution in [-0.2, 0) is 20.8 Å². The highest BCUT2D eigenvalue weighted by molar-refractivity contribution is 5.99. The number of piperidine rings is 2. The van der Waals surface area contributed by atoms with Gasteiger partial charge in [-0.25, -0.2) is 13.6 Å². The van der Waals surface area contributed by atoms with E-state index in [1.807, 2.05) is 52.0 Å². The van der Waals surface area contributed by atoms with Crippen LogP contribution >= 0.6 is 0 Å². The summed E-state index contributed by atoms with van der Waals surface area (Å²) in [7, 11) is 0. The molecule has 4 saturated heterocycles. The number of nitriles is 2. The summed E-state index contributed by atoms with van der Waals surface area (Å²) in [5, 5.41) is 23.5. The molecule has 0 unspecified atom stereocenters. The van der Waals surface area contributed by atoms with Gasteiger partial charge in [-0.15, -0.1) is 0 Å². The van der Waals surface area contributed by atoms with Crippen LogP contribution in [0.5, 0.6) is 0 Å². The van der Waals surface area contributed by atoms with Crippen LogP contribution in [0.4, 0.5) is 25.0 Å². The lowest BCUT2D eigenvalue weighted by molar-refractivity contribution is 0.0412. The highest BCUT2D eigenvalue weighted by atomic mass is 19.1. The van der Waals surface area contributed by atoms with E-state index < -0.39 is 11.3 Å². The van der Waals surface area contributed by atoms with Crippen molar-refractivity contribution in [2.75, 3.05) is 63.5 Å². The van der Waals surface area contributed by atoms with Crippen LogP contribution in [0.15, 0.2) is 72.8 Å². The summed E-state index contributed by atoms with van der Waals surface area (Å²) in [4.78, 5) is 41.9. The molecular weight excluding hydrogens is 879 g/mol. The molecule has 0 spiro atoms. The number of amides is 4. The Morgan fingerprint density at radius 3 is 1.52 bits per heavy atom. The van der Waals surface area contributed by atoms with Crippen molar-refractivity contribution in [1.29, 1.82) is 10.5 Å². The predicted molar refractivity (Wildman–Crippen MR) is 265 cm³/mol. The number of hydrogen-bond donors (Lipinski definition) is 4. The number of carbonyl (C=O) groups excluding carboxylic acids is 3. The lowest BCUT2D eigenvalue weighted by Gasteiger charge is -2.37. The van der Waals surface area contributed by atoms with Gasteiger partial charge in [0.1, 0.15) is 11.3 Å². The number of alkyl halides is 2. The number of carbonyl (C=O) groups is 3. The van der Waals surface area contributed by atoms with E-state index in [0.29, 0.717) is 77.0 Å². The number of benzene rings is 4. The summed E-state index contributed by atoms with van der Waals surface area (Å²) < 4.78 is 41.7. The Kier molecular flexibility index (Phi) is 18.8. The first-order chi connectivity index (χ1) is 32.6. The molecule has 0 aromatic heterocycles. The molecule has 69 heavy (non-hydrogen) atoms. The van der Waals surface area contributed by atoms with Gasteiger partial charge in [0.2, 0.25) is 0 Å². The lowest BCUT2D eigenvalue weighted by Crippen LogP contribution is -2.43. The van der Waals surface area contributed by atoms with Gasteiger partial charge in [0.15, 0.2) is 0 Å². The average molecular weight is 947 g/mol. The van der Waals surface area contributed by atoms with Crippen molar-refractivity contribution >= 4 is 29.2 Å². The zero-order valence-corrected chi connectivity index (χ0v) is 39.6. The standard InChI is InChI=1S/C27H31FN4O3.C21H22FN3O.C5H11NO.CH4/c1-18-14-19(2)24(31-26(34)30-17-22-4-3-13-35-22)15-23(18)25(33)32-11-9-27(28,10-12-32)21-7-5-20(16-29)6-8-21;1-14-11-15(2)19(24)12-18(14)20(26)25-9-7-21(22,8-10-25)17-5-3-16(13-23)4-6-17;6-4-5-2-1-3-7-5;/h5-8,14-15,22H,3-4,9-13,17H2,1-2H3,(H2,30,31,34);3-6,11-12H,7-10,24H2,1-2H3;5H,1-4,6H2;1H4/t22-;;5-;/m1.1./s1. The van der Waals surface area contributed by atoms with Gasteiger partial charge in [-0.1, -0.05) is 43.8 Å². The highest BCUT2D eigenvalue weighted by Crippen LogP contribution is 2.39. The molecule has 368 valence electrons. The number of nitrogens with one attached hydrogen (secondary N) is 2. The second kappa shape index (κ2) is 24.2. The summed E-state index contributed by atoms with van der Waals surface area (Å²) in [6.45, 7) is 11.6. The van der Waals surface area contributed by atoms with Gasteiger partial charge in [0.05, 0.1) is 35.5 Å². The average Bonchev–Trinajstić information content (AvgIpc) is 4.09. The number of hydrogen-bond acceptors (Lipinski definition) is 9. The largest absolute Gasteiger partial charge is 0.398 e. The van der Waals surface area contributed by atoms with E-state index in [4.69, 9.17) is 31.5 Å². The van der Waals surface area contributed by atoms with Crippen molar-refractivity contribution in [1.82, 2.24) is 15.1 Å². The molecule has 8 rings (SSSR count). The number of likely N-dealkylation sites (tertiary alicyclic amines) is 2. The van der Waals surface area contributed by atoms with Crippen LogP contribution in [0.3, 0.4) is 0 Å². The number of urea groups is 1. The monoisotopic (exact) mass is 947 g/mol. The van der Waals surface area contributed by atoms with Crippen LogP contribution in [0, 0.1) is 50.4 Å². The van der Waals surface area contributed by atoms with E-state index in [1.54, 1.807) is 70.5 Å². The molecule has 13 nitrogen and oxygen atoms in total. The fraction of sp³-hybridized carbons (Fsp3) is 0.463. The van der Waals surface area contributed by atoms with Crippen LogP contribution in [0.25, 0.3) is 0 Å². The number of rotatable bonds is 8. The second-order valence-corrected chi connectivity index (χ2v) is 18.2. The Bertz CT molecular complexity index is 2480. The first-order valence-corrected chi connectivity index (χ1v) is 23.5. The quantitative estimate of drug-likeness (QED) is 0.124. The Morgan fingerprint density at radius 2 is 1.12 bits per heavy atom. The Hall–Kier alpha value is -6.39. The van der Waals surface area contributed by atoms with Gasteiger partial charge in [-0.3, -0.25) is 9.59 Å². The maximum absolute atomic E-state index is 15.6. The maximum Gasteiger partial charge on any atom is 0.319 e. The van der Waals surface area contributed by atoms with Crippen LogP contribution in [-0.4, -0.2) is 92.3 Å². The number of nitrogen functional groups attached to an aromatic ring is 1. The van der Waals surface area contributed by atoms with Gasteiger partial charge in [0, 0.05) is 101 Å². The van der Waals surface area contributed by atoms with Crippen LogP contribution < -0.4 is 22.1 Å². The van der Waals surface area contributed by atoms with Crippen molar-refractivity contribution < 1.29 is 32.6 Å². The molecule has 0 aliphatic carbocycles. The van der Waals surface area contributed by atoms with Gasteiger partial charge in [-0.2, -0.15) is 10.5 Å². The number of nitrogens with zero attached hydrogens (tertiary/aromatic N) is 4. The number of ether oxygens (including phenoxy) is 2. The molecule has 0 radical (unpaired) electrons. The summed E-state index contributed by atoms with van der Waals surface area (Å²) in [6, 6.07) is 24.1. The Morgan fingerprint density at radius 1 is 0.681 bits per heavy atom. The van der Waals surface area contributed by atoms with E-state index in [2.05, 4.69) is 10.6 Å². The summed E-state index contributed by atoms with van der Waals surface area (Å²) >= 11 is 0. The van der Waals surface area contributed by atoms with Crippen molar-refractivity contribution in [3.63, 3.8) is 0 Å². The van der Waals surface area contributed by atoms with Gasteiger partial charge in [0.25, 0.3) is 11.8 Å². The Balaban J connectivity index is 0.000000229. The molecule has 6 N–H and O–H groups in total. The third kappa shape index (κ3) is 13.7. The van der Waals surface area contributed by atoms with Crippen molar-refractivity contribution in [3.8, 4) is 12.1 Å². The van der Waals surface area contributed by atoms with E-state index >= 15 is 8.78 Å². The molecule has 15 heteroatoms. The zero-order chi connectivity index (χ0) is 49.0. The van der Waals surface area contributed by atoms with E-state index in [-0.39, 0.29) is 70.1 Å². The van der Waals surface area contributed by atoms with E-state index in [1.165, 1.54) is 6.42 Å². The van der Waals surface area contributed by atoms with Crippen molar-refractivity contribution in [3.05, 3.63) is 128 Å². The topological polar surface area (TPSA) is 200 Å². The third-order valence-corrected chi connectivity index (χ3v) is 13.4. The molecule has 4 amide bonds. The van der Waals surface area contributed by atoms with Crippen molar-refractivity contribution in [2.45, 2.75) is 110 Å². The molecular formula is C54H68F2N8O5. The Labute approximate surface area is 406 Å². The first kappa shape index (κ1) is 53.6. The normalized spacial score (nSPS) is 19.0. The predicted octanol–water partition coefficient (Wildman–Crippen LogP) is 9.20. The third-order valence-electron chi connectivity index (χ3n) is 13.4.